The molecule has 166 valence electrons. The van der Waals surface area contributed by atoms with E-state index in [-0.39, 0.29) is 11.2 Å². The van der Waals surface area contributed by atoms with Gasteiger partial charge in [0.05, 0.1) is 32.1 Å². The number of aryl methyl sites for hydroxylation is 1. The van der Waals surface area contributed by atoms with Gasteiger partial charge < -0.3 is 19.3 Å². The van der Waals surface area contributed by atoms with Gasteiger partial charge >= 0.3 is 0 Å². The Balaban J connectivity index is 2.20. The van der Waals surface area contributed by atoms with Crippen molar-refractivity contribution in [3.63, 3.8) is 0 Å². The van der Waals surface area contributed by atoms with Crippen LogP contribution in [0, 0.1) is 6.92 Å². The van der Waals surface area contributed by atoms with Crippen molar-refractivity contribution in [3.05, 3.63) is 59.7 Å². The average Bonchev–Trinajstić information content (AvgIpc) is 2.78. The third kappa shape index (κ3) is 3.31. The van der Waals surface area contributed by atoms with Crippen LogP contribution in [0.1, 0.15) is 31.9 Å². The summed E-state index contributed by atoms with van der Waals surface area (Å²) in [6, 6.07) is 16.2. The largest absolute Gasteiger partial charge is 0.507 e. The van der Waals surface area contributed by atoms with Crippen LogP contribution in [-0.2, 0) is 5.41 Å². The quantitative estimate of drug-likeness (QED) is 0.354. The number of fused-ring (bicyclic) bond motifs is 2. The molecule has 0 fully saturated rings. The van der Waals surface area contributed by atoms with E-state index in [2.05, 4.69) is 51.1 Å². The number of aromatic hydroxyl groups is 1. The van der Waals surface area contributed by atoms with E-state index in [4.69, 9.17) is 14.2 Å². The second-order valence-corrected chi connectivity index (χ2v) is 9.11. The van der Waals surface area contributed by atoms with Gasteiger partial charge in [-0.15, -0.1) is 0 Å². The van der Waals surface area contributed by atoms with Crippen LogP contribution in [-0.4, -0.2) is 26.4 Å². The van der Waals surface area contributed by atoms with E-state index < -0.39 is 0 Å². The van der Waals surface area contributed by atoms with Crippen molar-refractivity contribution in [1.82, 2.24) is 0 Å². The molecule has 0 amide bonds. The van der Waals surface area contributed by atoms with E-state index in [1.54, 1.807) is 27.4 Å². The minimum Gasteiger partial charge on any atom is -0.507 e. The normalized spacial score (nSPS) is 11.7. The van der Waals surface area contributed by atoms with Gasteiger partial charge in [0.25, 0.3) is 0 Å². The van der Waals surface area contributed by atoms with Crippen LogP contribution in [0.5, 0.6) is 23.0 Å². The van der Waals surface area contributed by atoms with Gasteiger partial charge in [-0.05, 0) is 52.8 Å². The maximum Gasteiger partial charge on any atom is 0.142 e. The Morgan fingerprint density at radius 3 is 1.84 bits per heavy atom. The van der Waals surface area contributed by atoms with Crippen LogP contribution in [0.2, 0.25) is 0 Å². The number of hydrogen-bond donors (Lipinski definition) is 1. The number of rotatable bonds is 4. The fourth-order valence-corrected chi connectivity index (χ4v) is 4.48. The zero-order valence-corrected chi connectivity index (χ0v) is 19.8. The second kappa shape index (κ2) is 7.94. The highest BCUT2D eigenvalue weighted by molar-refractivity contribution is 6.19. The van der Waals surface area contributed by atoms with Gasteiger partial charge in [0.2, 0.25) is 0 Å². The molecule has 0 radical (unpaired) electrons. The summed E-state index contributed by atoms with van der Waals surface area (Å²) in [5.74, 6) is 2.07. The number of benzene rings is 4. The van der Waals surface area contributed by atoms with Crippen LogP contribution < -0.4 is 14.2 Å². The maximum atomic E-state index is 10.8. The summed E-state index contributed by atoms with van der Waals surface area (Å²) in [5.41, 5.74) is 4.43. The lowest BCUT2D eigenvalue weighted by molar-refractivity contribution is 0.403. The molecule has 0 aliphatic carbocycles. The molecule has 0 atom stereocenters. The maximum absolute atomic E-state index is 10.8. The molecule has 32 heavy (non-hydrogen) atoms. The van der Waals surface area contributed by atoms with E-state index in [0.29, 0.717) is 22.6 Å². The first kappa shape index (κ1) is 21.8. The van der Waals surface area contributed by atoms with Crippen molar-refractivity contribution in [2.45, 2.75) is 33.1 Å². The van der Waals surface area contributed by atoms with Crippen molar-refractivity contribution in [3.8, 4) is 34.1 Å². The number of hydrogen-bond acceptors (Lipinski definition) is 4. The predicted molar refractivity (Wildman–Crippen MR) is 132 cm³/mol. The summed E-state index contributed by atoms with van der Waals surface area (Å²) < 4.78 is 17.6. The standard InChI is InChI=1S/C28H30O4/c1-16-8-14-20(29)24-22(16)26(31-6)23-19(13-15-21(30-5)25(23)27(24)32-7)17-9-11-18(12-10-17)28(2,3)4/h8-15,29H,1-7H3. The Labute approximate surface area is 189 Å². The first-order chi connectivity index (χ1) is 15.2. The molecule has 0 saturated carbocycles. The van der Waals surface area contributed by atoms with Gasteiger partial charge in [0.15, 0.2) is 0 Å². The second-order valence-electron chi connectivity index (χ2n) is 9.11. The summed E-state index contributed by atoms with van der Waals surface area (Å²) in [6.07, 6.45) is 0. The van der Waals surface area contributed by atoms with E-state index in [1.165, 1.54) is 5.56 Å². The van der Waals surface area contributed by atoms with Crippen molar-refractivity contribution in [2.75, 3.05) is 21.3 Å². The number of phenols is 1. The lowest BCUT2D eigenvalue weighted by atomic mass is 9.85. The first-order valence-corrected chi connectivity index (χ1v) is 10.7. The molecule has 0 saturated heterocycles. The molecule has 0 unspecified atom stereocenters. The third-order valence-electron chi connectivity index (χ3n) is 6.16. The Bertz CT molecular complexity index is 1310. The monoisotopic (exact) mass is 430 g/mol. The summed E-state index contributed by atoms with van der Waals surface area (Å²) in [4.78, 5) is 0. The van der Waals surface area contributed by atoms with Crippen LogP contribution in [0.4, 0.5) is 0 Å². The minimum absolute atomic E-state index is 0.0757. The highest BCUT2D eigenvalue weighted by Gasteiger charge is 2.25. The highest BCUT2D eigenvalue weighted by Crippen LogP contribution is 2.52. The van der Waals surface area contributed by atoms with Crippen molar-refractivity contribution in [1.29, 1.82) is 0 Å². The van der Waals surface area contributed by atoms with Crippen molar-refractivity contribution >= 4 is 21.5 Å². The minimum atomic E-state index is 0.0757. The van der Waals surface area contributed by atoms with Crippen LogP contribution in [0.15, 0.2) is 48.5 Å². The summed E-state index contributed by atoms with van der Waals surface area (Å²) in [6.45, 7) is 8.63. The number of ether oxygens (including phenoxy) is 3. The van der Waals surface area contributed by atoms with Crippen LogP contribution in [0.25, 0.3) is 32.7 Å². The molecule has 4 heteroatoms. The molecule has 0 aliphatic heterocycles. The lowest BCUT2D eigenvalue weighted by Crippen LogP contribution is -2.10. The first-order valence-electron chi connectivity index (χ1n) is 10.7. The summed E-state index contributed by atoms with van der Waals surface area (Å²) in [5, 5.41) is 13.9. The van der Waals surface area contributed by atoms with Gasteiger partial charge in [-0.3, -0.25) is 0 Å². The zero-order chi connectivity index (χ0) is 23.2. The average molecular weight is 431 g/mol. The van der Waals surface area contributed by atoms with Gasteiger partial charge in [0.1, 0.15) is 23.0 Å². The summed E-state index contributed by atoms with van der Waals surface area (Å²) >= 11 is 0. The molecular weight excluding hydrogens is 400 g/mol. The van der Waals surface area contributed by atoms with Crippen LogP contribution in [0.3, 0.4) is 0 Å². The Hall–Kier alpha value is -3.40. The molecular formula is C28H30O4. The Morgan fingerprint density at radius 1 is 0.656 bits per heavy atom. The van der Waals surface area contributed by atoms with Gasteiger partial charge in [-0.1, -0.05) is 51.1 Å². The number of phenolic OH excluding ortho intramolecular Hbond substituents is 1. The SMILES string of the molecule is COc1ccc(-c2ccc(C(C)(C)C)cc2)c2c(OC)c3c(C)ccc(O)c3c(OC)c12. The van der Waals surface area contributed by atoms with E-state index in [0.717, 1.165) is 32.8 Å². The topological polar surface area (TPSA) is 47.9 Å². The van der Waals surface area contributed by atoms with Crippen molar-refractivity contribution in [2.24, 2.45) is 0 Å². The zero-order valence-electron chi connectivity index (χ0n) is 19.8. The van der Waals surface area contributed by atoms with Crippen molar-refractivity contribution < 1.29 is 19.3 Å². The summed E-state index contributed by atoms with van der Waals surface area (Å²) in [7, 11) is 4.92. The molecule has 0 spiro atoms. The smallest absolute Gasteiger partial charge is 0.142 e. The highest BCUT2D eigenvalue weighted by atomic mass is 16.5. The fourth-order valence-electron chi connectivity index (χ4n) is 4.48. The van der Waals surface area contributed by atoms with E-state index >= 15 is 0 Å². The molecule has 0 aromatic heterocycles. The molecule has 4 nitrogen and oxygen atoms in total. The molecule has 4 aromatic carbocycles. The number of methoxy groups -OCH3 is 3. The van der Waals surface area contributed by atoms with E-state index in [1.807, 2.05) is 19.1 Å². The molecule has 0 aliphatic rings. The van der Waals surface area contributed by atoms with E-state index in [9.17, 15) is 5.11 Å². The molecule has 4 aromatic rings. The van der Waals surface area contributed by atoms with Gasteiger partial charge in [-0.2, -0.15) is 0 Å². The molecule has 1 N–H and O–H groups in total. The Morgan fingerprint density at radius 2 is 1.28 bits per heavy atom. The van der Waals surface area contributed by atoms with Gasteiger partial charge in [0, 0.05) is 10.8 Å². The Kier molecular flexibility index (Phi) is 5.41. The lowest BCUT2D eigenvalue weighted by Gasteiger charge is -2.22. The fraction of sp³-hybridized carbons (Fsp3) is 0.286. The molecule has 0 heterocycles. The van der Waals surface area contributed by atoms with Crippen LogP contribution >= 0.6 is 0 Å². The third-order valence-corrected chi connectivity index (χ3v) is 6.16. The molecule has 4 rings (SSSR count). The molecule has 0 bridgehead atoms. The van der Waals surface area contributed by atoms with Gasteiger partial charge in [-0.25, -0.2) is 0 Å². The predicted octanol–water partition coefficient (Wildman–Crippen LogP) is 7.00.